The molecule has 1 heterocycles. The minimum absolute atomic E-state index is 0.426. The zero-order valence-electron chi connectivity index (χ0n) is 6.03. The van der Waals surface area contributed by atoms with E-state index in [4.69, 9.17) is 16.7 Å². The summed E-state index contributed by atoms with van der Waals surface area (Å²) in [6, 6.07) is 3.57. The first-order valence-corrected chi connectivity index (χ1v) is 4.96. The number of hydrogen-bond donors (Lipinski definition) is 2. The summed E-state index contributed by atoms with van der Waals surface area (Å²) in [4.78, 5) is 11.4. The van der Waals surface area contributed by atoms with Crippen LogP contribution in [-0.4, -0.2) is 16.3 Å². The van der Waals surface area contributed by atoms with E-state index < -0.39 is 11.2 Å². The third-order valence-corrected chi connectivity index (χ3v) is 2.97. The van der Waals surface area contributed by atoms with Crippen molar-refractivity contribution in [1.29, 1.82) is 0 Å². The van der Waals surface area contributed by atoms with Gasteiger partial charge in [-0.3, -0.25) is 4.79 Å². The van der Waals surface area contributed by atoms with Gasteiger partial charge in [-0.2, -0.15) is 12.6 Å². The van der Waals surface area contributed by atoms with E-state index in [0.29, 0.717) is 10.8 Å². The summed E-state index contributed by atoms with van der Waals surface area (Å²) in [5.74, 6) is -0.900. The Kier molecular flexibility index (Phi) is 3.43. The van der Waals surface area contributed by atoms with Crippen LogP contribution in [0, 0.1) is 0 Å². The third-order valence-electron chi connectivity index (χ3n) is 1.31. The minimum Gasteiger partial charge on any atom is -0.480 e. The molecule has 12 heavy (non-hydrogen) atoms. The van der Waals surface area contributed by atoms with Gasteiger partial charge in [0.05, 0.1) is 4.34 Å². The molecule has 0 saturated carbocycles. The van der Waals surface area contributed by atoms with Gasteiger partial charge in [-0.05, 0) is 12.1 Å². The topological polar surface area (TPSA) is 37.3 Å². The molecular weight excluding hydrogens is 216 g/mol. The number of hydrogen-bond acceptors (Lipinski definition) is 3. The summed E-state index contributed by atoms with van der Waals surface area (Å²) in [6.45, 7) is 0. The van der Waals surface area contributed by atoms with E-state index in [1.165, 1.54) is 11.3 Å². The molecule has 0 radical (unpaired) electrons. The molecule has 1 N–H and O–H groups in total. The number of rotatable bonds is 3. The fourth-order valence-corrected chi connectivity index (χ4v) is 2.19. The van der Waals surface area contributed by atoms with Crippen molar-refractivity contribution >= 4 is 41.5 Å². The van der Waals surface area contributed by atoms with Crippen LogP contribution < -0.4 is 0 Å². The fraction of sp³-hybridized carbons (Fsp3) is 0.286. The van der Waals surface area contributed by atoms with Crippen molar-refractivity contribution in [3.63, 3.8) is 0 Å². The van der Waals surface area contributed by atoms with Gasteiger partial charge in [0, 0.05) is 11.3 Å². The van der Waals surface area contributed by atoms with E-state index in [-0.39, 0.29) is 0 Å². The molecule has 0 fully saturated rings. The molecule has 66 valence electrons. The van der Waals surface area contributed by atoms with Gasteiger partial charge in [0.2, 0.25) is 0 Å². The maximum Gasteiger partial charge on any atom is 0.316 e. The third kappa shape index (κ3) is 2.69. The van der Waals surface area contributed by atoms with Crippen molar-refractivity contribution in [3.05, 3.63) is 21.3 Å². The molecule has 1 unspecified atom stereocenters. The molecule has 1 atom stereocenters. The molecule has 0 aliphatic rings. The van der Waals surface area contributed by atoms with Crippen molar-refractivity contribution in [2.45, 2.75) is 11.7 Å². The highest BCUT2D eigenvalue weighted by Crippen LogP contribution is 2.23. The monoisotopic (exact) mass is 222 g/mol. The highest BCUT2D eigenvalue weighted by molar-refractivity contribution is 7.81. The normalized spacial score (nSPS) is 12.8. The Balaban J connectivity index is 2.58. The second-order valence-electron chi connectivity index (χ2n) is 2.26. The SMILES string of the molecule is O=C(O)C(S)Cc1ccc(Cl)s1. The highest BCUT2D eigenvalue weighted by Gasteiger charge is 2.13. The van der Waals surface area contributed by atoms with Gasteiger partial charge in [-0.15, -0.1) is 11.3 Å². The Hall–Kier alpha value is -0.190. The predicted molar refractivity (Wildman–Crippen MR) is 53.4 cm³/mol. The van der Waals surface area contributed by atoms with Crippen LogP contribution in [0.4, 0.5) is 0 Å². The van der Waals surface area contributed by atoms with Gasteiger partial charge in [-0.1, -0.05) is 11.6 Å². The minimum atomic E-state index is -0.900. The zero-order chi connectivity index (χ0) is 9.14. The van der Waals surface area contributed by atoms with Crippen LogP contribution in [0.25, 0.3) is 0 Å². The Bertz CT molecular complexity index is 285. The van der Waals surface area contributed by atoms with Crippen LogP contribution in [-0.2, 0) is 11.2 Å². The van der Waals surface area contributed by atoms with Crippen molar-refractivity contribution in [2.75, 3.05) is 0 Å². The summed E-state index contributed by atoms with van der Waals surface area (Å²) >= 11 is 11.0. The lowest BCUT2D eigenvalue weighted by atomic mass is 10.2. The van der Waals surface area contributed by atoms with Crippen molar-refractivity contribution in [2.24, 2.45) is 0 Å². The smallest absolute Gasteiger partial charge is 0.316 e. The zero-order valence-corrected chi connectivity index (χ0v) is 8.49. The van der Waals surface area contributed by atoms with E-state index >= 15 is 0 Å². The number of aliphatic carboxylic acids is 1. The van der Waals surface area contributed by atoms with E-state index in [1.807, 2.05) is 6.07 Å². The van der Waals surface area contributed by atoms with Crippen LogP contribution >= 0.6 is 35.6 Å². The fourth-order valence-electron chi connectivity index (χ4n) is 0.739. The van der Waals surface area contributed by atoms with Gasteiger partial charge < -0.3 is 5.11 Å². The van der Waals surface area contributed by atoms with Crippen molar-refractivity contribution in [1.82, 2.24) is 0 Å². The molecule has 0 spiro atoms. The van der Waals surface area contributed by atoms with Crippen LogP contribution in [0.15, 0.2) is 12.1 Å². The molecule has 1 aromatic rings. The van der Waals surface area contributed by atoms with E-state index in [1.54, 1.807) is 6.07 Å². The number of halogens is 1. The maximum absolute atomic E-state index is 10.4. The number of carboxylic acid groups (broad SMARTS) is 1. The molecule has 1 aromatic heterocycles. The van der Waals surface area contributed by atoms with Crippen molar-refractivity contribution < 1.29 is 9.90 Å². The summed E-state index contributed by atoms with van der Waals surface area (Å²) < 4.78 is 0.677. The molecule has 0 aromatic carbocycles. The first kappa shape index (κ1) is 9.89. The summed E-state index contributed by atoms with van der Waals surface area (Å²) in [7, 11) is 0. The largest absolute Gasteiger partial charge is 0.480 e. The first-order valence-electron chi connectivity index (χ1n) is 3.24. The summed E-state index contributed by atoms with van der Waals surface area (Å²) in [5.41, 5.74) is 0. The number of thiol groups is 1. The van der Waals surface area contributed by atoms with Gasteiger partial charge >= 0.3 is 5.97 Å². The standard InChI is InChI=1S/C7H7ClO2S2/c8-6-2-1-4(12-6)3-5(11)7(9)10/h1-2,5,11H,3H2,(H,9,10). The van der Waals surface area contributed by atoms with Crippen molar-refractivity contribution in [3.8, 4) is 0 Å². The van der Waals surface area contributed by atoms with Crippen LogP contribution in [0.2, 0.25) is 4.34 Å². The molecule has 0 aliphatic carbocycles. The molecule has 0 saturated heterocycles. The molecular formula is C7H7ClO2S2. The quantitative estimate of drug-likeness (QED) is 0.771. The lowest BCUT2D eigenvalue weighted by molar-refractivity contribution is -0.136. The molecule has 1 rings (SSSR count). The van der Waals surface area contributed by atoms with Crippen LogP contribution in [0.3, 0.4) is 0 Å². The summed E-state index contributed by atoms with van der Waals surface area (Å²) in [6.07, 6.45) is 0.426. The molecule has 2 nitrogen and oxygen atoms in total. The molecule has 5 heteroatoms. The Morgan fingerprint density at radius 3 is 2.83 bits per heavy atom. The van der Waals surface area contributed by atoms with E-state index in [0.717, 1.165) is 4.88 Å². The lowest BCUT2D eigenvalue weighted by Crippen LogP contribution is -2.15. The Morgan fingerprint density at radius 1 is 1.75 bits per heavy atom. The number of carbonyl (C=O) groups is 1. The highest BCUT2D eigenvalue weighted by atomic mass is 35.5. The predicted octanol–water partition coefficient (Wildman–Crippen LogP) is 2.33. The number of carboxylic acids is 1. The Morgan fingerprint density at radius 2 is 2.42 bits per heavy atom. The van der Waals surface area contributed by atoms with Gasteiger partial charge in [0.25, 0.3) is 0 Å². The van der Waals surface area contributed by atoms with Gasteiger partial charge in [-0.25, -0.2) is 0 Å². The molecule has 0 bridgehead atoms. The summed E-state index contributed by atoms with van der Waals surface area (Å²) in [5, 5.41) is 7.91. The lowest BCUT2D eigenvalue weighted by Gasteiger charge is -2.01. The average Bonchev–Trinajstić information content (AvgIpc) is 2.35. The second-order valence-corrected chi connectivity index (χ2v) is 4.69. The molecule has 0 aliphatic heterocycles. The maximum atomic E-state index is 10.4. The second kappa shape index (κ2) is 4.16. The molecule has 0 amide bonds. The first-order chi connectivity index (χ1) is 5.59. The number of thiophene rings is 1. The average molecular weight is 223 g/mol. The van der Waals surface area contributed by atoms with Gasteiger partial charge in [0.1, 0.15) is 5.25 Å². The van der Waals surface area contributed by atoms with Gasteiger partial charge in [0.15, 0.2) is 0 Å². The van der Waals surface area contributed by atoms with Crippen LogP contribution in [0.1, 0.15) is 4.88 Å². The van der Waals surface area contributed by atoms with Crippen LogP contribution in [0.5, 0.6) is 0 Å². The van der Waals surface area contributed by atoms with E-state index in [2.05, 4.69) is 12.6 Å². The van der Waals surface area contributed by atoms with E-state index in [9.17, 15) is 4.79 Å². The Labute approximate surface area is 84.6 Å².